The Balaban J connectivity index is 1.63. The molecule has 5 rings (SSSR count). The number of aliphatic carboxylic acids is 1. The van der Waals surface area contributed by atoms with E-state index in [0.29, 0.717) is 27.1 Å². The molecule has 4 unspecified atom stereocenters. The summed E-state index contributed by atoms with van der Waals surface area (Å²) in [5, 5.41) is 25.0. The molecule has 0 saturated carbocycles. The van der Waals surface area contributed by atoms with E-state index in [9.17, 15) is 29.6 Å². The van der Waals surface area contributed by atoms with Crippen molar-refractivity contribution in [1.29, 1.82) is 0 Å². The summed E-state index contributed by atoms with van der Waals surface area (Å²) < 4.78 is 11.4. The SMILES string of the molecule is COc1cc(C2NC(Cc3ccc([N+](=O)[O-])cc3)(C(=O)O)C3C(=O)N(Cc4ccccc4)C(=O)C23)cc(Br)c1OC. The zero-order chi connectivity index (χ0) is 29.5. The fourth-order valence-electron chi connectivity index (χ4n) is 5.88. The minimum atomic E-state index is -1.89. The van der Waals surface area contributed by atoms with Crippen molar-refractivity contribution >= 4 is 39.4 Å². The Labute approximate surface area is 243 Å². The van der Waals surface area contributed by atoms with Gasteiger partial charge in [-0.2, -0.15) is 0 Å². The van der Waals surface area contributed by atoms with Gasteiger partial charge in [-0.1, -0.05) is 42.5 Å². The van der Waals surface area contributed by atoms with Gasteiger partial charge in [0.25, 0.3) is 5.69 Å². The summed E-state index contributed by atoms with van der Waals surface area (Å²) in [5.74, 6) is -3.90. The first kappa shape index (κ1) is 28.2. The van der Waals surface area contributed by atoms with Gasteiger partial charge >= 0.3 is 5.97 Å². The predicted molar refractivity (Wildman–Crippen MR) is 149 cm³/mol. The molecule has 2 saturated heterocycles. The van der Waals surface area contributed by atoms with E-state index in [4.69, 9.17) is 9.47 Å². The average Bonchev–Trinajstić information content (AvgIpc) is 3.43. The lowest BCUT2D eigenvalue weighted by atomic mass is 9.76. The van der Waals surface area contributed by atoms with Crippen molar-refractivity contribution in [1.82, 2.24) is 10.2 Å². The second-order valence-electron chi connectivity index (χ2n) is 9.99. The number of amides is 2. The van der Waals surface area contributed by atoms with Crippen molar-refractivity contribution in [2.24, 2.45) is 11.8 Å². The molecule has 3 aromatic carbocycles. The van der Waals surface area contributed by atoms with Crippen LogP contribution >= 0.6 is 15.9 Å². The molecule has 2 N–H and O–H groups in total. The second kappa shape index (κ2) is 10.9. The van der Waals surface area contributed by atoms with Crippen LogP contribution in [-0.4, -0.2) is 52.5 Å². The molecule has 3 aromatic rings. The summed E-state index contributed by atoms with van der Waals surface area (Å²) in [6.07, 6.45) is -0.190. The number of carboxylic acids is 1. The number of likely N-dealkylation sites (tertiary alicyclic amines) is 1. The Hall–Kier alpha value is -4.29. The summed E-state index contributed by atoms with van der Waals surface area (Å²) in [5.41, 5.74) is -0.323. The number of nitrogens with one attached hydrogen (secondary N) is 1. The Kier molecular flexibility index (Phi) is 7.54. The number of halogens is 1. The van der Waals surface area contributed by atoms with Crippen LogP contribution in [0.4, 0.5) is 5.69 Å². The summed E-state index contributed by atoms with van der Waals surface area (Å²) in [4.78, 5) is 52.8. The van der Waals surface area contributed by atoms with Crippen molar-refractivity contribution < 1.29 is 33.9 Å². The number of nitro groups is 1. The van der Waals surface area contributed by atoms with E-state index in [1.807, 2.05) is 6.07 Å². The molecule has 2 aliphatic rings. The maximum Gasteiger partial charge on any atom is 0.325 e. The highest BCUT2D eigenvalue weighted by Gasteiger charge is 2.68. The van der Waals surface area contributed by atoms with Gasteiger partial charge in [-0.15, -0.1) is 0 Å². The van der Waals surface area contributed by atoms with Crippen molar-refractivity contribution in [3.63, 3.8) is 0 Å². The lowest BCUT2D eigenvalue weighted by Gasteiger charge is -2.31. The number of fused-ring (bicyclic) bond motifs is 1. The molecule has 0 radical (unpaired) electrons. The number of carbonyl (C=O) groups excluding carboxylic acids is 2. The van der Waals surface area contributed by atoms with Crippen LogP contribution in [0.5, 0.6) is 11.5 Å². The number of rotatable bonds is 9. The van der Waals surface area contributed by atoms with Crippen LogP contribution in [0, 0.1) is 22.0 Å². The number of nitrogens with zero attached hydrogens (tertiary/aromatic N) is 2. The fourth-order valence-corrected chi connectivity index (χ4v) is 6.50. The predicted octanol–water partition coefficient (Wildman–Crippen LogP) is 3.89. The summed E-state index contributed by atoms with van der Waals surface area (Å²) in [7, 11) is 2.94. The lowest BCUT2D eigenvalue weighted by Crippen LogP contribution is -2.57. The third kappa shape index (κ3) is 4.82. The van der Waals surface area contributed by atoms with Crippen molar-refractivity contribution in [3.05, 3.63) is 98.0 Å². The van der Waals surface area contributed by atoms with Gasteiger partial charge in [0.15, 0.2) is 11.5 Å². The third-order valence-corrected chi connectivity index (χ3v) is 8.34. The largest absolute Gasteiger partial charge is 0.493 e. The molecule has 0 aliphatic carbocycles. The van der Waals surface area contributed by atoms with E-state index in [1.165, 1.54) is 38.5 Å². The minimum Gasteiger partial charge on any atom is -0.493 e. The van der Waals surface area contributed by atoms with Crippen LogP contribution in [0.3, 0.4) is 0 Å². The Morgan fingerprint density at radius 3 is 2.32 bits per heavy atom. The average molecular weight is 624 g/mol. The molecule has 12 heteroatoms. The van der Waals surface area contributed by atoms with E-state index in [-0.39, 0.29) is 18.7 Å². The molecule has 2 amide bonds. The first-order chi connectivity index (χ1) is 19.6. The molecular formula is C29H26BrN3O8. The highest BCUT2D eigenvalue weighted by Crippen LogP contribution is 2.52. The smallest absolute Gasteiger partial charge is 0.325 e. The van der Waals surface area contributed by atoms with E-state index >= 15 is 0 Å². The van der Waals surface area contributed by atoms with Gasteiger partial charge in [-0.3, -0.25) is 34.7 Å². The number of imide groups is 1. The number of nitro benzene ring substituents is 1. The molecule has 2 aliphatic heterocycles. The molecular weight excluding hydrogens is 598 g/mol. The van der Waals surface area contributed by atoms with Gasteiger partial charge in [-0.05, 0) is 44.8 Å². The number of ether oxygens (including phenoxy) is 2. The quantitative estimate of drug-likeness (QED) is 0.206. The maximum absolute atomic E-state index is 14.0. The third-order valence-electron chi connectivity index (χ3n) is 7.76. The van der Waals surface area contributed by atoms with E-state index in [1.54, 1.807) is 36.4 Å². The summed E-state index contributed by atoms with van der Waals surface area (Å²) >= 11 is 3.47. The maximum atomic E-state index is 14.0. The lowest BCUT2D eigenvalue weighted by molar-refractivity contribution is -0.384. The molecule has 11 nitrogen and oxygen atoms in total. The molecule has 212 valence electrons. The number of carbonyl (C=O) groups is 3. The fraction of sp³-hybridized carbons (Fsp3) is 0.276. The number of hydrogen-bond acceptors (Lipinski definition) is 8. The normalized spacial score (nSPS) is 23.4. The molecule has 2 heterocycles. The summed E-state index contributed by atoms with van der Waals surface area (Å²) in [6, 6.07) is 17.0. The number of hydrogen-bond donors (Lipinski definition) is 2. The topological polar surface area (TPSA) is 148 Å². The zero-order valence-electron chi connectivity index (χ0n) is 22.1. The van der Waals surface area contributed by atoms with Gasteiger partial charge in [-0.25, -0.2) is 0 Å². The van der Waals surface area contributed by atoms with Crippen LogP contribution in [0.2, 0.25) is 0 Å². The van der Waals surface area contributed by atoms with E-state index < -0.39 is 46.1 Å². The van der Waals surface area contributed by atoms with Crippen molar-refractivity contribution in [2.75, 3.05) is 14.2 Å². The Bertz CT molecular complexity index is 1530. The molecule has 0 aromatic heterocycles. The van der Waals surface area contributed by atoms with Crippen LogP contribution < -0.4 is 14.8 Å². The highest BCUT2D eigenvalue weighted by molar-refractivity contribution is 9.10. The zero-order valence-corrected chi connectivity index (χ0v) is 23.7. The van der Waals surface area contributed by atoms with Gasteiger partial charge < -0.3 is 14.6 Å². The van der Waals surface area contributed by atoms with Gasteiger partial charge in [0.05, 0.1) is 42.0 Å². The van der Waals surface area contributed by atoms with E-state index in [2.05, 4.69) is 21.2 Å². The number of non-ortho nitro benzene ring substituents is 1. The Morgan fingerprint density at radius 2 is 1.73 bits per heavy atom. The van der Waals surface area contributed by atoms with Crippen LogP contribution in [0.1, 0.15) is 22.7 Å². The van der Waals surface area contributed by atoms with Gasteiger partial charge in [0.1, 0.15) is 5.54 Å². The number of benzene rings is 3. The second-order valence-corrected chi connectivity index (χ2v) is 10.8. The van der Waals surface area contributed by atoms with E-state index in [0.717, 1.165) is 10.5 Å². The number of methoxy groups -OCH3 is 2. The molecule has 41 heavy (non-hydrogen) atoms. The molecule has 0 bridgehead atoms. The minimum absolute atomic E-state index is 0.00108. The Morgan fingerprint density at radius 1 is 1.05 bits per heavy atom. The summed E-state index contributed by atoms with van der Waals surface area (Å²) in [6.45, 7) is 0.00108. The standard InChI is InChI=1S/C29H26BrN3O8/c1-40-21-13-18(12-20(30)25(21)41-2)24-22-23(27(35)32(26(22)34)15-17-6-4-3-5-7-17)29(31-24,28(36)37)14-16-8-10-19(11-9-16)33(38)39/h3-13,22-24,31H,14-15H2,1-2H3,(H,36,37). The number of carboxylic acid groups (broad SMARTS) is 1. The monoisotopic (exact) mass is 623 g/mol. The molecule has 4 atom stereocenters. The van der Waals surface area contributed by atoms with Crippen LogP contribution in [0.25, 0.3) is 0 Å². The first-order valence-corrected chi connectivity index (χ1v) is 13.5. The first-order valence-electron chi connectivity index (χ1n) is 12.7. The van der Waals surface area contributed by atoms with Gasteiger partial charge in [0, 0.05) is 24.6 Å². The van der Waals surface area contributed by atoms with Crippen molar-refractivity contribution in [2.45, 2.75) is 24.5 Å². The van der Waals surface area contributed by atoms with Gasteiger partial charge in [0.2, 0.25) is 11.8 Å². The van der Waals surface area contributed by atoms with Crippen LogP contribution in [0.15, 0.2) is 71.2 Å². The van der Waals surface area contributed by atoms with Crippen molar-refractivity contribution in [3.8, 4) is 11.5 Å². The van der Waals surface area contributed by atoms with Crippen LogP contribution in [-0.2, 0) is 27.3 Å². The highest BCUT2D eigenvalue weighted by atomic mass is 79.9. The molecule has 2 fully saturated rings. The molecule has 0 spiro atoms.